The first kappa shape index (κ1) is 25.4. The summed E-state index contributed by atoms with van der Waals surface area (Å²) < 4.78 is 45.3. The Morgan fingerprint density at radius 2 is 1.89 bits per heavy atom. The summed E-state index contributed by atoms with van der Waals surface area (Å²) in [5, 5.41) is 2.35. The summed E-state index contributed by atoms with van der Waals surface area (Å²) in [6, 6.07) is 11.6. The molecule has 4 rings (SSSR count). The van der Waals surface area contributed by atoms with Crippen molar-refractivity contribution >= 4 is 50.7 Å². The molecule has 12 heteroatoms. The molecule has 1 amide bonds. The second kappa shape index (κ2) is 10.1. The number of carbonyl (C=O) groups excluding carboxylic acids is 2. The molecule has 0 aliphatic rings. The van der Waals surface area contributed by atoms with E-state index in [1.807, 2.05) is 30.3 Å². The molecule has 0 spiro atoms. The second-order valence-corrected chi connectivity index (χ2v) is 9.12. The van der Waals surface area contributed by atoms with Gasteiger partial charge in [0, 0.05) is 0 Å². The number of hydrogen-bond donors (Lipinski definition) is 1. The standard InChI is InChI=1S/C24H17ClF3N3O4S/c1-13-19-21(36-20(13)23(34)35-11-14-5-3-2-4-6-14)29-12-31(22(19)33)10-18(32)30-17-9-15(24(26,27)28)7-8-16(17)25/h2-9,12H,10-11H2,1H3,(H,30,32). The molecule has 2 aromatic carbocycles. The molecule has 4 aromatic rings. The number of fused-ring (bicyclic) bond motifs is 1. The van der Waals surface area contributed by atoms with Crippen molar-refractivity contribution < 1.29 is 27.5 Å². The Hall–Kier alpha value is -3.70. The number of nitrogens with one attached hydrogen (secondary N) is 1. The van der Waals surface area contributed by atoms with Crippen molar-refractivity contribution in [2.75, 3.05) is 5.32 Å². The number of halogens is 4. The number of alkyl halides is 3. The average molecular weight is 536 g/mol. The van der Waals surface area contributed by atoms with E-state index in [0.717, 1.165) is 39.9 Å². The van der Waals surface area contributed by atoms with Gasteiger partial charge in [-0.05, 0) is 36.2 Å². The van der Waals surface area contributed by atoms with Crippen LogP contribution in [0.1, 0.15) is 26.4 Å². The van der Waals surface area contributed by atoms with Gasteiger partial charge in [-0.1, -0.05) is 41.9 Å². The molecule has 2 aromatic heterocycles. The van der Waals surface area contributed by atoms with Gasteiger partial charge in [-0.3, -0.25) is 14.2 Å². The summed E-state index contributed by atoms with van der Waals surface area (Å²) >= 11 is 6.91. The number of anilines is 1. The van der Waals surface area contributed by atoms with Crippen LogP contribution in [0, 0.1) is 6.92 Å². The van der Waals surface area contributed by atoms with Crippen molar-refractivity contribution in [2.45, 2.75) is 26.3 Å². The molecule has 0 aliphatic heterocycles. The first-order chi connectivity index (χ1) is 17.0. The van der Waals surface area contributed by atoms with E-state index >= 15 is 0 Å². The third kappa shape index (κ3) is 5.42. The van der Waals surface area contributed by atoms with Crippen LogP contribution in [0.5, 0.6) is 0 Å². The Bertz CT molecular complexity index is 1520. The van der Waals surface area contributed by atoms with Crippen molar-refractivity contribution in [2.24, 2.45) is 0 Å². The Morgan fingerprint density at radius 1 is 1.17 bits per heavy atom. The minimum atomic E-state index is -4.62. The molecule has 0 unspecified atom stereocenters. The molecule has 0 fully saturated rings. The third-order valence-electron chi connectivity index (χ3n) is 5.20. The van der Waals surface area contributed by atoms with Crippen molar-refractivity contribution in [3.63, 3.8) is 0 Å². The van der Waals surface area contributed by atoms with Gasteiger partial charge in [0.15, 0.2) is 0 Å². The van der Waals surface area contributed by atoms with Crippen molar-refractivity contribution in [3.05, 3.63) is 91.8 Å². The topological polar surface area (TPSA) is 90.3 Å². The highest BCUT2D eigenvalue weighted by Crippen LogP contribution is 2.34. The predicted octanol–water partition coefficient (Wildman–Crippen LogP) is 5.43. The van der Waals surface area contributed by atoms with Gasteiger partial charge in [0.2, 0.25) is 5.91 Å². The highest BCUT2D eigenvalue weighted by atomic mass is 35.5. The largest absolute Gasteiger partial charge is 0.457 e. The van der Waals surface area contributed by atoms with E-state index in [-0.39, 0.29) is 27.6 Å². The van der Waals surface area contributed by atoms with Crippen LogP contribution in [0.25, 0.3) is 10.2 Å². The number of benzene rings is 2. The zero-order valence-electron chi connectivity index (χ0n) is 18.6. The zero-order chi connectivity index (χ0) is 26.0. The Balaban J connectivity index is 1.53. The van der Waals surface area contributed by atoms with Gasteiger partial charge in [0.25, 0.3) is 5.56 Å². The molecule has 0 saturated carbocycles. The molecular formula is C24H17ClF3N3O4S. The number of amides is 1. The summed E-state index contributed by atoms with van der Waals surface area (Å²) in [6.45, 7) is 1.11. The third-order valence-corrected chi connectivity index (χ3v) is 6.71. The van der Waals surface area contributed by atoms with Crippen molar-refractivity contribution in [1.29, 1.82) is 0 Å². The summed E-state index contributed by atoms with van der Waals surface area (Å²) in [6.07, 6.45) is -3.49. The number of hydrogen-bond acceptors (Lipinski definition) is 6. The van der Waals surface area contributed by atoms with Crippen LogP contribution in [0.15, 0.2) is 59.7 Å². The molecule has 0 saturated heterocycles. The lowest BCUT2D eigenvalue weighted by molar-refractivity contribution is -0.137. The van der Waals surface area contributed by atoms with Crippen LogP contribution >= 0.6 is 22.9 Å². The minimum absolute atomic E-state index is 0.0588. The summed E-state index contributed by atoms with van der Waals surface area (Å²) in [4.78, 5) is 42.8. The van der Waals surface area contributed by atoms with Gasteiger partial charge in [-0.2, -0.15) is 13.2 Å². The van der Waals surface area contributed by atoms with Gasteiger partial charge < -0.3 is 10.1 Å². The van der Waals surface area contributed by atoms with Crippen LogP contribution in [0.2, 0.25) is 5.02 Å². The number of thiophene rings is 1. The fourth-order valence-corrected chi connectivity index (χ4v) is 4.59. The predicted molar refractivity (Wildman–Crippen MR) is 129 cm³/mol. The highest BCUT2D eigenvalue weighted by Gasteiger charge is 2.31. The highest BCUT2D eigenvalue weighted by molar-refractivity contribution is 7.20. The van der Waals surface area contributed by atoms with Gasteiger partial charge >= 0.3 is 12.1 Å². The monoisotopic (exact) mass is 535 g/mol. The minimum Gasteiger partial charge on any atom is -0.457 e. The molecule has 0 radical (unpaired) electrons. The van der Waals surface area contributed by atoms with E-state index in [9.17, 15) is 27.6 Å². The number of aryl methyl sites for hydroxylation is 1. The first-order valence-corrected chi connectivity index (χ1v) is 11.6. The number of rotatable bonds is 6. The van der Waals surface area contributed by atoms with E-state index in [4.69, 9.17) is 16.3 Å². The lowest BCUT2D eigenvalue weighted by Gasteiger charge is -2.12. The molecule has 0 aliphatic carbocycles. The van der Waals surface area contributed by atoms with E-state index in [0.29, 0.717) is 16.5 Å². The van der Waals surface area contributed by atoms with Crippen LogP contribution in [0.3, 0.4) is 0 Å². The van der Waals surface area contributed by atoms with Crippen LogP contribution in [-0.4, -0.2) is 21.4 Å². The number of nitrogens with zero attached hydrogens (tertiary/aromatic N) is 2. The van der Waals surface area contributed by atoms with Crippen LogP contribution in [-0.2, 0) is 28.9 Å². The number of aromatic nitrogens is 2. The fourth-order valence-electron chi connectivity index (χ4n) is 3.40. The molecule has 0 bridgehead atoms. The van der Waals surface area contributed by atoms with Crippen molar-refractivity contribution in [1.82, 2.24) is 9.55 Å². The van der Waals surface area contributed by atoms with Gasteiger partial charge in [0.05, 0.1) is 28.0 Å². The number of ether oxygens (including phenoxy) is 1. The van der Waals surface area contributed by atoms with Crippen LogP contribution in [0.4, 0.5) is 18.9 Å². The Labute approximate surface area is 211 Å². The fraction of sp³-hybridized carbons (Fsp3) is 0.167. The molecule has 2 heterocycles. The Morgan fingerprint density at radius 3 is 2.58 bits per heavy atom. The summed E-state index contributed by atoms with van der Waals surface area (Å²) in [5.74, 6) is -1.39. The molecule has 0 atom stereocenters. The number of carbonyl (C=O) groups is 2. The molecule has 186 valence electrons. The maximum atomic E-state index is 13.0. The summed E-state index contributed by atoms with van der Waals surface area (Å²) in [5.41, 5.74) is -0.642. The Kier molecular flexibility index (Phi) is 7.14. The average Bonchev–Trinajstić information content (AvgIpc) is 3.17. The maximum absolute atomic E-state index is 13.0. The lowest BCUT2D eigenvalue weighted by Crippen LogP contribution is -2.28. The quantitative estimate of drug-likeness (QED) is 0.332. The lowest BCUT2D eigenvalue weighted by atomic mass is 10.2. The molecular weight excluding hydrogens is 519 g/mol. The molecule has 1 N–H and O–H groups in total. The zero-order valence-corrected chi connectivity index (χ0v) is 20.1. The molecule has 7 nitrogen and oxygen atoms in total. The van der Waals surface area contributed by atoms with E-state index in [2.05, 4.69) is 10.3 Å². The molecule has 36 heavy (non-hydrogen) atoms. The van der Waals surface area contributed by atoms with Crippen molar-refractivity contribution in [3.8, 4) is 0 Å². The normalized spacial score (nSPS) is 11.5. The van der Waals surface area contributed by atoms with Gasteiger partial charge in [0.1, 0.15) is 22.9 Å². The van der Waals surface area contributed by atoms with Gasteiger partial charge in [-0.15, -0.1) is 11.3 Å². The second-order valence-electron chi connectivity index (χ2n) is 7.72. The van der Waals surface area contributed by atoms with Gasteiger partial charge in [-0.25, -0.2) is 9.78 Å². The van der Waals surface area contributed by atoms with E-state index in [1.54, 1.807) is 6.92 Å². The summed E-state index contributed by atoms with van der Waals surface area (Å²) in [7, 11) is 0. The van der Waals surface area contributed by atoms with E-state index < -0.39 is 35.7 Å². The SMILES string of the molecule is Cc1c(C(=O)OCc2ccccc2)sc2ncn(CC(=O)Nc3cc(C(F)(F)F)ccc3Cl)c(=O)c12. The maximum Gasteiger partial charge on any atom is 0.416 e. The van der Waals surface area contributed by atoms with Crippen LogP contribution < -0.4 is 10.9 Å². The van der Waals surface area contributed by atoms with E-state index in [1.165, 1.54) is 0 Å². The number of esters is 1. The first-order valence-electron chi connectivity index (χ1n) is 10.4. The smallest absolute Gasteiger partial charge is 0.416 e.